The van der Waals surface area contributed by atoms with Crippen LogP contribution in [0.5, 0.6) is 0 Å². The first kappa shape index (κ1) is 12.8. The number of aliphatic hydroxyl groups is 1. The van der Waals surface area contributed by atoms with E-state index in [-0.39, 0.29) is 5.91 Å². The third-order valence-corrected chi connectivity index (χ3v) is 4.15. The van der Waals surface area contributed by atoms with E-state index in [1.807, 2.05) is 11.9 Å². The standard InChI is InChI=1S/C13H23NO3/c1-14(11-4-8-17-9-5-11)12(15)10-13(16)6-2-3-7-13/h11,16H,2-10H2,1H3. The molecule has 17 heavy (non-hydrogen) atoms. The van der Waals surface area contributed by atoms with Gasteiger partial charge in [0.2, 0.25) is 5.91 Å². The van der Waals surface area contributed by atoms with Gasteiger partial charge in [-0.1, -0.05) is 12.8 Å². The van der Waals surface area contributed by atoms with Gasteiger partial charge in [0.05, 0.1) is 12.0 Å². The molecule has 2 rings (SSSR count). The fourth-order valence-corrected chi connectivity index (χ4v) is 2.89. The summed E-state index contributed by atoms with van der Waals surface area (Å²) in [5.41, 5.74) is -0.726. The van der Waals surface area contributed by atoms with Crippen LogP contribution in [-0.2, 0) is 9.53 Å². The molecule has 1 saturated heterocycles. The molecule has 1 aliphatic carbocycles. The maximum absolute atomic E-state index is 12.1. The van der Waals surface area contributed by atoms with Crippen molar-refractivity contribution in [1.29, 1.82) is 0 Å². The van der Waals surface area contributed by atoms with Gasteiger partial charge in [0.1, 0.15) is 0 Å². The van der Waals surface area contributed by atoms with Crippen LogP contribution in [0.3, 0.4) is 0 Å². The summed E-state index contributed by atoms with van der Waals surface area (Å²) in [6, 6.07) is 0.293. The third-order valence-electron chi connectivity index (χ3n) is 4.15. The van der Waals surface area contributed by atoms with Gasteiger partial charge in [-0.05, 0) is 25.7 Å². The Labute approximate surface area is 103 Å². The third kappa shape index (κ3) is 3.19. The van der Waals surface area contributed by atoms with E-state index in [2.05, 4.69) is 0 Å². The van der Waals surface area contributed by atoms with Crippen LogP contribution in [0.15, 0.2) is 0 Å². The average Bonchev–Trinajstić information content (AvgIpc) is 2.76. The van der Waals surface area contributed by atoms with Crippen LogP contribution in [0.25, 0.3) is 0 Å². The lowest BCUT2D eigenvalue weighted by Crippen LogP contribution is -2.43. The molecule has 2 aliphatic rings. The van der Waals surface area contributed by atoms with Crippen LogP contribution in [-0.4, -0.2) is 47.8 Å². The lowest BCUT2D eigenvalue weighted by molar-refractivity contribution is -0.138. The van der Waals surface area contributed by atoms with Gasteiger partial charge in [-0.2, -0.15) is 0 Å². The summed E-state index contributed by atoms with van der Waals surface area (Å²) >= 11 is 0. The highest BCUT2D eigenvalue weighted by atomic mass is 16.5. The molecule has 0 spiro atoms. The molecule has 98 valence electrons. The number of amides is 1. The van der Waals surface area contributed by atoms with Gasteiger partial charge in [0.15, 0.2) is 0 Å². The van der Waals surface area contributed by atoms with Crippen molar-refractivity contribution in [3.63, 3.8) is 0 Å². The summed E-state index contributed by atoms with van der Waals surface area (Å²) in [6.45, 7) is 1.49. The zero-order valence-corrected chi connectivity index (χ0v) is 10.7. The Hall–Kier alpha value is -0.610. The highest BCUT2D eigenvalue weighted by molar-refractivity contribution is 5.77. The molecule has 0 aromatic carbocycles. The zero-order valence-electron chi connectivity index (χ0n) is 10.7. The molecule has 1 heterocycles. The predicted octanol–water partition coefficient (Wildman–Crippen LogP) is 1.32. The summed E-state index contributed by atoms with van der Waals surface area (Å²) in [5.74, 6) is 0.0845. The van der Waals surface area contributed by atoms with Crippen molar-refractivity contribution in [1.82, 2.24) is 4.90 Å². The molecular formula is C13H23NO3. The monoisotopic (exact) mass is 241 g/mol. The average molecular weight is 241 g/mol. The van der Waals surface area contributed by atoms with E-state index < -0.39 is 5.60 Å². The SMILES string of the molecule is CN(C(=O)CC1(O)CCCC1)C1CCOCC1. The highest BCUT2D eigenvalue weighted by Crippen LogP contribution is 2.33. The number of carbonyl (C=O) groups excluding carboxylic acids is 1. The van der Waals surface area contributed by atoms with Crippen LogP contribution in [0.2, 0.25) is 0 Å². The van der Waals surface area contributed by atoms with Gasteiger partial charge < -0.3 is 14.7 Å². The topological polar surface area (TPSA) is 49.8 Å². The second-order valence-electron chi connectivity index (χ2n) is 5.46. The quantitative estimate of drug-likeness (QED) is 0.810. The van der Waals surface area contributed by atoms with Gasteiger partial charge in [0, 0.05) is 26.3 Å². The number of carbonyl (C=O) groups is 1. The Kier molecular flexibility index (Phi) is 4.05. The van der Waals surface area contributed by atoms with Gasteiger partial charge in [0.25, 0.3) is 0 Å². The molecule has 1 amide bonds. The number of ether oxygens (including phenoxy) is 1. The minimum Gasteiger partial charge on any atom is -0.389 e. The lowest BCUT2D eigenvalue weighted by Gasteiger charge is -2.33. The fourth-order valence-electron chi connectivity index (χ4n) is 2.89. The smallest absolute Gasteiger partial charge is 0.225 e. The molecule has 4 heteroatoms. The van der Waals surface area contributed by atoms with Crippen molar-refractivity contribution in [2.45, 2.75) is 56.6 Å². The first-order chi connectivity index (χ1) is 8.11. The van der Waals surface area contributed by atoms with E-state index in [1.54, 1.807) is 0 Å². The van der Waals surface area contributed by atoms with Crippen LogP contribution >= 0.6 is 0 Å². The predicted molar refractivity (Wildman–Crippen MR) is 64.6 cm³/mol. The number of hydrogen-bond donors (Lipinski definition) is 1. The van der Waals surface area contributed by atoms with Crippen LogP contribution in [0.1, 0.15) is 44.9 Å². The molecule has 1 aliphatic heterocycles. The number of hydrogen-bond acceptors (Lipinski definition) is 3. The normalized spacial score (nSPS) is 24.8. The molecule has 2 fully saturated rings. The maximum Gasteiger partial charge on any atom is 0.225 e. The molecule has 1 saturated carbocycles. The molecule has 1 N–H and O–H groups in total. The van der Waals surface area contributed by atoms with E-state index in [4.69, 9.17) is 4.74 Å². The Morgan fingerprint density at radius 3 is 2.53 bits per heavy atom. The van der Waals surface area contributed by atoms with Crippen molar-refractivity contribution in [2.75, 3.05) is 20.3 Å². The van der Waals surface area contributed by atoms with Crippen molar-refractivity contribution in [3.8, 4) is 0 Å². The number of rotatable bonds is 3. The molecule has 0 aromatic heterocycles. The van der Waals surface area contributed by atoms with Crippen molar-refractivity contribution in [3.05, 3.63) is 0 Å². The zero-order chi connectivity index (χ0) is 12.3. The maximum atomic E-state index is 12.1. The minimum absolute atomic E-state index is 0.0845. The molecule has 0 aromatic rings. The van der Waals surface area contributed by atoms with E-state index in [0.717, 1.165) is 51.7 Å². The summed E-state index contributed by atoms with van der Waals surface area (Å²) in [7, 11) is 1.86. The van der Waals surface area contributed by atoms with Gasteiger partial charge in [-0.25, -0.2) is 0 Å². The van der Waals surface area contributed by atoms with Gasteiger partial charge in [-0.3, -0.25) is 4.79 Å². The Morgan fingerprint density at radius 1 is 1.35 bits per heavy atom. The summed E-state index contributed by atoms with van der Waals surface area (Å²) < 4.78 is 5.30. The lowest BCUT2D eigenvalue weighted by atomic mass is 9.96. The second kappa shape index (κ2) is 5.36. The fraction of sp³-hybridized carbons (Fsp3) is 0.923. The Balaban J connectivity index is 1.85. The summed E-state index contributed by atoms with van der Waals surface area (Å²) in [4.78, 5) is 13.9. The minimum atomic E-state index is -0.726. The first-order valence-corrected chi connectivity index (χ1v) is 6.66. The van der Waals surface area contributed by atoms with Crippen LogP contribution in [0, 0.1) is 0 Å². The van der Waals surface area contributed by atoms with E-state index in [1.165, 1.54) is 0 Å². The second-order valence-corrected chi connectivity index (χ2v) is 5.46. The Bertz CT molecular complexity index is 268. The summed E-state index contributed by atoms with van der Waals surface area (Å²) in [5, 5.41) is 10.2. The molecular weight excluding hydrogens is 218 g/mol. The molecule has 0 atom stereocenters. The molecule has 0 bridgehead atoms. The number of nitrogens with zero attached hydrogens (tertiary/aromatic N) is 1. The van der Waals surface area contributed by atoms with Crippen molar-refractivity contribution < 1.29 is 14.6 Å². The van der Waals surface area contributed by atoms with Crippen molar-refractivity contribution >= 4 is 5.91 Å². The molecule has 4 nitrogen and oxygen atoms in total. The highest BCUT2D eigenvalue weighted by Gasteiger charge is 2.35. The molecule has 0 radical (unpaired) electrons. The van der Waals surface area contributed by atoms with Crippen LogP contribution < -0.4 is 0 Å². The van der Waals surface area contributed by atoms with Gasteiger partial charge >= 0.3 is 0 Å². The van der Waals surface area contributed by atoms with E-state index in [0.29, 0.717) is 12.5 Å². The first-order valence-electron chi connectivity index (χ1n) is 6.66. The Morgan fingerprint density at radius 2 is 1.94 bits per heavy atom. The summed E-state index contributed by atoms with van der Waals surface area (Å²) in [6.07, 6.45) is 5.78. The van der Waals surface area contributed by atoms with E-state index in [9.17, 15) is 9.90 Å². The largest absolute Gasteiger partial charge is 0.389 e. The molecule has 0 unspecified atom stereocenters. The van der Waals surface area contributed by atoms with E-state index >= 15 is 0 Å². The van der Waals surface area contributed by atoms with Crippen molar-refractivity contribution in [2.24, 2.45) is 0 Å². The van der Waals surface area contributed by atoms with Crippen LogP contribution in [0.4, 0.5) is 0 Å². The van der Waals surface area contributed by atoms with Gasteiger partial charge in [-0.15, -0.1) is 0 Å².